The van der Waals surface area contributed by atoms with E-state index in [9.17, 15) is 8.42 Å². The number of rotatable bonds is 3. The normalized spacial score (nSPS) is 11.3. The number of pyridine rings is 1. The first kappa shape index (κ1) is 14.1. The van der Waals surface area contributed by atoms with Gasteiger partial charge in [0.05, 0.1) is 10.6 Å². The van der Waals surface area contributed by atoms with Crippen molar-refractivity contribution in [3.8, 4) is 0 Å². The van der Waals surface area contributed by atoms with Crippen LogP contribution < -0.4 is 10.5 Å². The average molecular weight is 363 g/mol. The number of hydrogen-bond acceptors (Lipinski definition) is 4. The molecule has 0 aliphatic heterocycles. The van der Waals surface area contributed by atoms with E-state index in [1.54, 1.807) is 0 Å². The predicted molar refractivity (Wildman–Crippen MR) is 78.6 cm³/mol. The van der Waals surface area contributed by atoms with Gasteiger partial charge in [-0.2, -0.15) is 0 Å². The van der Waals surface area contributed by atoms with Gasteiger partial charge >= 0.3 is 0 Å². The van der Waals surface area contributed by atoms with Crippen molar-refractivity contribution in [2.75, 3.05) is 10.5 Å². The Bertz CT molecular complexity index is 722. The lowest BCUT2D eigenvalue weighted by Gasteiger charge is -2.09. The van der Waals surface area contributed by atoms with Crippen molar-refractivity contribution >= 4 is 48.9 Å². The minimum atomic E-state index is -3.69. The van der Waals surface area contributed by atoms with Crippen LogP contribution in [0.3, 0.4) is 0 Å². The van der Waals surface area contributed by atoms with Crippen molar-refractivity contribution in [2.45, 2.75) is 4.90 Å². The number of benzene rings is 1. The maximum Gasteiger partial charge on any atom is 0.261 e. The summed E-state index contributed by atoms with van der Waals surface area (Å²) in [5.74, 6) is 0. The van der Waals surface area contributed by atoms with Crippen LogP contribution in [-0.4, -0.2) is 13.4 Å². The molecule has 1 aromatic carbocycles. The van der Waals surface area contributed by atoms with Gasteiger partial charge in [-0.3, -0.25) is 4.72 Å². The van der Waals surface area contributed by atoms with E-state index in [-0.39, 0.29) is 10.0 Å². The molecule has 0 unspecified atom stereocenters. The number of nitrogens with one attached hydrogen (secondary N) is 1. The second-order valence-electron chi connectivity index (χ2n) is 3.66. The molecule has 100 valence electrons. The van der Waals surface area contributed by atoms with Gasteiger partial charge in [-0.15, -0.1) is 0 Å². The van der Waals surface area contributed by atoms with E-state index < -0.39 is 10.0 Å². The molecule has 0 aliphatic rings. The summed E-state index contributed by atoms with van der Waals surface area (Å²) < 4.78 is 27.2. The van der Waals surface area contributed by atoms with E-state index in [0.717, 1.165) is 0 Å². The summed E-state index contributed by atoms with van der Waals surface area (Å²) in [4.78, 5) is 3.87. The molecule has 3 N–H and O–H groups in total. The molecule has 0 saturated carbocycles. The predicted octanol–water partition coefficient (Wildman–Crippen LogP) is 2.88. The van der Waals surface area contributed by atoms with Gasteiger partial charge in [0, 0.05) is 16.4 Å². The highest BCUT2D eigenvalue weighted by atomic mass is 79.9. The third-order valence-electron chi connectivity index (χ3n) is 2.26. The molecule has 0 radical (unpaired) electrons. The Hall–Kier alpha value is -1.31. The summed E-state index contributed by atoms with van der Waals surface area (Å²) in [6.07, 6.45) is 1.42. The van der Waals surface area contributed by atoms with E-state index >= 15 is 0 Å². The second kappa shape index (κ2) is 5.36. The summed E-state index contributed by atoms with van der Waals surface area (Å²) in [5, 5.41) is 0.207. The van der Waals surface area contributed by atoms with Crippen LogP contribution in [0.2, 0.25) is 5.15 Å². The second-order valence-corrected chi connectivity index (χ2v) is 6.58. The fourth-order valence-electron chi connectivity index (χ4n) is 1.36. The third-order valence-corrected chi connectivity index (χ3v) is 4.53. The average Bonchev–Trinajstić information content (AvgIpc) is 2.32. The first-order chi connectivity index (χ1) is 8.88. The Kier molecular flexibility index (Phi) is 3.98. The number of aromatic nitrogens is 1. The largest absolute Gasteiger partial charge is 0.398 e. The Morgan fingerprint density at radius 3 is 2.63 bits per heavy atom. The summed E-state index contributed by atoms with van der Waals surface area (Å²) in [5.41, 5.74) is 6.42. The van der Waals surface area contributed by atoms with Gasteiger partial charge in [-0.25, -0.2) is 13.4 Å². The lowest BCUT2D eigenvalue weighted by molar-refractivity contribution is 0.601. The summed E-state index contributed by atoms with van der Waals surface area (Å²) in [7, 11) is -3.69. The van der Waals surface area contributed by atoms with Crippen molar-refractivity contribution in [1.82, 2.24) is 4.98 Å². The molecule has 0 atom stereocenters. The number of sulfonamides is 1. The molecular weight excluding hydrogens is 354 g/mol. The molecule has 8 heteroatoms. The van der Waals surface area contributed by atoms with Gasteiger partial charge in [0.15, 0.2) is 0 Å². The van der Waals surface area contributed by atoms with Crippen LogP contribution in [0.5, 0.6) is 0 Å². The summed E-state index contributed by atoms with van der Waals surface area (Å²) in [6, 6.07) is 7.30. The summed E-state index contributed by atoms with van der Waals surface area (Å²) in [6.45, 7) is 0. The highest BCUT2D eigenvalue weighted by molar-refractivity contribution is 9.10. The van der Waals surface area contributed by atoms with E-state index in [0.29, 0.717) is 15.8 Å². The number of nitrogens with zero attached hydrogens (tertiary/aromatic N) is 1. The first-order valence-corrected chi connectivity index (χ1v) is 7.73. The zero-order valence-corrected chi connectivity index (χ0v) is 12.6. The fraction of sp³-hybridized carbons (Fsp3) is 0. The fourth-order valence-corrected chi connectivity index (χ4v) is 3.13. The molecule has 0 saturated heterocycles. The monoisotopic (exact) mass is 361 g/mol. The number of nitrogen functional groups attached to an aromatic ring is 1. The number of nitrogens with two attached hydrogens (primary N) is 1. The van der Waals surface area contributed by atoms with Gasteiger partial charge in [0.2, 0.25) is 0 Å². The molecule has 0 bridgehead atoms. The molecule has 5 nitrogen and oxygen atoms in total. The molecule has 0 aliphatic carbocycles. The number of halogens is 2. The van der Waals surface area contributed by atoms with Crippen LogP contribution in [-0.2, 0) is 10.0 Å². The van der Waals surface area contributed by atoms with Crippen LogP contribution in [0.4, 0.5) is 11.4 Å². The van der Waals surface area contributed by atoms with Crippen molar-refractivity contribution in [3.05, 3.63) is 46.2 Å². The topological polar surface area (TPSA) is 85.1 Å². The zero-order chi connectivity index (χ0) is 14.0. The SMILES string of the molecule is Nc1ccc(S(=O)(=O)Nc2ccnc(Cl)c2)cc1Br. The minimum absolute atomic E-state index is 0.0986. The van der Waals surface area contributed by atoms with Crippen molar-refractivity contribution in [2.24, 2.45) is 0 Å². The maximum atomic E-state index is 12.1. The summed E-state index contributed by atoms with van der Waals surface area (Å²) >= 11 is 8.88. The number of hydrogen-bond donors (Lipinski definition) is 2. The molecule has 2 aromatic rings. The molecule has 2 rings (SSSR count). The van der Waals surface area contributed by atoms with Crippen LogP contribution in [0.15, 0.2) is 45.9 Å². The molecule has 19 heavy (non-hydrogen) atoms. The number of anilines is 2. The Morgan fingerprint density at radius 1 is 1.26 bits per heavy atom. The van der Waals surface area contributed by atoms with Gasteiger partial charge in [-0.1, -0.05) is 11.6 Å². The van der Waals surface area contributed by atoms with Crippen molar-refractivity contribution < 1.29 is 8.42 Å². The van der Waals surface area contributed by atoms with Gasteiger partial charge in [-0.05, 0) is 46.3 Å². The van der Waals surface area contributed by atoms with Gasteiger partial charge in [0.25, 0.3) is 10.0 Å². The molecule has 0 spiro atoms. The minimum Gasteiger partial charge on any atom is -0.398 e. The maximum absolute atomic E-state index is 12.1. The zero-order valence-electron chi connectivity index (χ0n) is 9.47. The van der Waals surface area contributed by atoms with Crippen LogP contribution >= 0.6 is 27.5 Å². The van der Waals surface area contributed by atoms with Gasteiger partial charge < -0.3 is 5.73 Å². The van der Waals surface area contributed by atoms with Crippen LogP contribution in [0.1, 0.15) is 0 Å². The Balaban J connectivity index is 2.35. The van der Waals surface area contributed by atoms with E-state index in [4.69, 9.17) is 17.3 Å². The smallest absolute Gasteiger partial charge is 0.261 e. The van der Waals surface area contributed by atoms with Gasteiger partial charge in [0.1, 0.15) is 5.15 Å². The molecule has 1 heterocycles. The highest BCUT2D eigenvalue weighted by Crippen LogP contribution is 2.24. The molecule has 0 amide bonds. The molecular formula is C11H9BrClN3O2S. The van der Waals surface area contributed by atoms with Crippen LogP contribution in [0.25, 0.3) is 0 Å². The quantitative estimate of drug-likeness (QED) is 0.649. The van der Waals surface area contributed by atoms with E-state index in [1.807, 2.05) is 0 Å². The molecule has 1 aromatic heterocycles. The third kappa shape index (κ3) is 3.37. The first-order valence-electron chi connectivity index (χ1n) is 5.08. The van der Waals surface area contributed by atoms with Crippen molar-refractivity contribution in [1.29, 1.82) is 0 Å². The van der Waals surface area contributed by atoms with Crippen LogP contribution in [0, 0.1) is 0 Å². The lowest BCUT2D eigenvalue weighted by Crippen LogP contribution is -2.13. The van der Waals surface area contributed by atoms with Crippen molar-refractivity contribution in [3.63, 3.8) is 0 Å². The van der Waals surface area contributed by atoms with E-state index in [1.165, 1.54) is 36.5 Å². The molecule has 0 fully saturated rings. The Morgan fingerprint density at radius 2 is 2.00 bits per heavy atom. The lowest BCUT2D eigenvalue weighted by atomic mass is 10.3. The van der Waals surface area contributed by atoms with E-state index in [2.05, 4.69) is 25.6 Å². The highest BCUT2D eigenvalue weighted by Gasteiger charge is 2.15. The standard InChI is InChI=1S/C11H9BrClN3O2S/c12-9-6-8(1-2-10(9)14)19(17,18)16-7-3-4-15-11(13)5-7/h1-6H,14H2,(H,15,16). The Labute approximate surface area is 124 Å².